The molecule has 41 heavy (non-hydrogen) atoms. The average Bonchev–Trinajstić information content (AvgIpc) is 2.88. The van der Waals surface area contributed by atoms with Gasteiger partial charge in [-0.25, -0.2) is 4.79 Å². The molecule has 0 fully saturated rings. The third kappa shape index (κ3) is 8.38. The predicted molar refractivity (Wildman–Crippen MR) is 158 cm³/mol. The fraction of sp³-hybridized carbons (Fsp3) is 0.323. The van der Waals surface area contributed by atoms with Gasteiger partial charge in [0.1, 0.15) is 17.2 Å². The Balaban J connectivity index is 1.80. The van der Waals surface area contributed by atoms with Crippen molar-refractivity contribution in [2.75, 3.05) is 16.4 Å². The summed E-state index contributed by atoms with van der Waals surface area (Å²) in [7, 11) is 0. The van der Waals surface area contributed by atoms with Gasteiger partial charge in [0, 0.05) is 23.5 Å². The van der Waals surface area contributed by atoms with Crippen LogP contribution in [-0.2, 0) is 4.74 Å². The number of nitrogens with two attached hydrogens (primary N) is 1. The lowest BCUT2D eigenvalue weighted by atomic mass is 10.1. The van der Waals surface area contributed by atoms with E-state index in [4.69, 9.17) is 19.9 Å². The number of anilines is 3. The van der Waals surface area contributed by atoms with Gasteiger partial charge in [0.25, 0.3) is 11.8 Å². The molecule has 2 amide bonds. The second kappa shape index (κ2) is 13.6. The van der Waals surface area contributed by atoms with Crippen LogP contribution in [0, 0.1) is 0 Å². The Morgan fingerprint density at radius 3 is 2.12 bits per heavy atom. The summed E-state index contributed by atoms with van der Waals surface area (Å²) < 4.78 is 16.9. The number of aromatic hydroxyl groups is 1. The molecule has 0 aliphatic rings. The van der Waals surface area contributed by atoms with Gasteiger partial charge >= 0.3 is 5.97 Å². The lowest BCUT2D eigenvalue weighted by Crippen LogP contribution is -2.18. The summed E-state index contributed by atoms with van der Waals surface area (Å²) in [4.78, 5) is 38.5. The third-order valence-electron chi connectivity index (χ3n) is 5.82. The average molecular weight is 564 g/mol. The summed E-state index contributed by atoms with van der Waals surface area (Å²) in [6.07, 6.45) is 0.0411. The zero-order chi connectivity index (χ0) is 30.3. The van der Waals surface area contributed by atoms with Gasteiger partial charge in [0.2, 0.25) is 0 Å². The summed E-state index contributed by atoms with van der Waals surface area (Å²) in [5.41, 5.74) is 7.39. The van der Waals surface area contributed by atoms with Crippen molar-refractivity contribution in [1.82, 2.24) is 0 Å². The van der Waals surface area contributed by atoms with Crippen LogP contribution in [0.3, 0.4) is 0 Å². The smallest absolute Gasteiger partial charge is 0.338 e. The first-order valence-electron chi connectivity index (χ1n) is 13.4. The number of hydrogen-bond donors (Lipinski definition) is 4. The lowest BCUT2D eigenvalue weighted by Gasteiger charge is -2.18. The molecule has 0 aliphatic carbocycles. The number of rotatable bonds is 11. The van der Waals surface area contributed by atoms with E-state index in [1.54, 1.807) is 38.1 Å². The molecule has 0 spiro atoms. The monoisotopic (exact) mass is 563 g/mol. The molecule has 0 saturated carbocycles. The van der Waals surface area contributed by atoms with Gasteiger partial charge in [0.15, 0.2) is 0 Å². The van der Waals surface area contributed by atoms with E-state index in [1.165, 1.54) is 30.3 Å². The lowest BCUT2D eigenvalue weighted by molar-refractivity contribution is 0.0377. The standard InChI is InChI=1S/C31H37N3O7/c1-7-19(6)41-28-14-20(31(38)40-18(4)5)8-13-25(28)34-29(36)23-12-10-22(16-26(23)35)33-30(37)24-11-9-21(32)15-27(24)39-17(2)3/h8-19,35H,7,32H2,1-6H3,(H,33,37)(H,34,36). The Kier molecular flexibility index (Phi) is 10.2. The van der Waals surface area contributed by atoms with Gasteiger partial charge in [-0.05, 0) is 83.5 Å². The Bertz CT molecular complexity index is 1420. The molecule has 10 heteroatoms. The highest BCUT2D eigenvalue weighted by molar-refractivity contribution is 6.09. The molecular weight excluding hydrogens is 526 g/mol. The van der Waals surface area contributed by atoms with Crippen LogP contribution in [0.4, 0.5) is 17.1 Å². The molecule has 0 radical (unpaired) electrons. The quantitative estimate of drug-likeness (QED) is 0.164. The van der Waals surface area contributed by atoms with Gasteiger partial charge < -0.3 is 35.7 Å². The summed E-state index contributed by atoms with van der Waals surface area (Å²) in [6.45, 7) is 11.0. The number of benzene rings is 3. The second-order valence-corrected chi connectivity index (χ2v) is 10.1. The molecule has 1 atom stereocenters. The van der Waals surface area contributed by atoms with Crippen molar-refractivity contribution < 1.29 is 33.7 Å². The van der Waals surface area contributed by atoms with Crippen LogP contribution in [0.15, 0.2) is 54.6 Å². The Labute approximate surface area is 239 Å². The van der Waals surface area contributed by atoms with Gasteiger partial charge in [-0.2, -0.15) is 0 Å². The highest BCUT2D eigenvalue weighted by atomic mass is 16.5. The highest BCUT2D eigenvalue weighted by Gasteiger charge is 2.20. The van der Waals surface area contributed by atoms with Crippen molar-refractivity contribution in [2.24, 2.45) is 0 Å². The summed E-state index contributed by atoms with van der Waals surface area (Å²) in [6, 6.07) is 13.4. The number of amides is 2. The first-order chi connectivity index (χ1) is 19.4. The maximum Gasteiger partial charge on any atom is 0.338 e. The van der Waals surface area contributed by atoms with Crippen LogP contribution < -0.4 is 25.8 Å². The number of phenolic OH excluding ortho intramolecular Hbond substituents is 1. The van der Waals surface area contributed by atoms with Crippen LogP contribution in [-0.4, -0.2) is 41.2 Å². The molecule has 0 aliphatic heterocycles. The van der Waals surface area contributed by atoms with Gasteiger partial charge in [-0.1, -0.05) is 6.92 Å². The number of phenols is 1. The number of esters is 1. The summed E-state index contributed by atoms with van der Waals surface area (Å²) >= 11 is 0. The van der Waals surface area contributed by atoms with E-state index in [0.717, 1.165) is 0 Å². The largest absolute Gasteiger partial charge is 0.507 e. The van der Waals surface area contributed by atoms with Gasteiger partial charge in [-0.15, -0.1) is 0 Å². The molecule has 0 aromatic heterocycles. The van der Waals surface area contributed by atoms with Crippen molar-refractivity contribution in [2.45, 2.75) is 66.3 Å². The molecule has 5 N–H and O–H groups in total. The first-order valence-corrected chi connectivity index (χ1v) is 13.4. The molecule has 0 bridgehead atoms. The molecule has 10 nitrogen and oxygen atoms in total. The minimum atomic E-state index is -0.613. The van der Waals surface area contributed by atoms with E-state index in [9.17, 15) is 19.5 Å². The van der Waals surface area contributed by atoms with E-state index in [2.05, 4.69) is 10.6 Å². The number of carbonyl (C=O) groups is 3. The van der Waals surface area contributed by atoms with Crippen LogP contribution in [0.5, 0.6) is 17.2 Å². The number of carbonyl (C=O) groups excluding carboxylic acids is 3. The normalized spacial score (nSPS) is 11.6. The number of hydrogen-bond acceptors (Lipinski definition) is 8. The molecule has 218 valence electrons. The minimum absolute atomic E-state index is 0.0305. The Morgan fingerprint density at radius 1 is 0.805 bits per heavy atom. The van der Waals surface area contributed by atoms with Crippen molar-refractivity contribution in [3.8, 4) is 17.2 Å². The van der Waals surface area contributed by atoms with Crippen molar-refractivity contribution in [3.05, 3.63) is 71.3 Å². The third-order valence-corrected chi connectivity index (χ3v) is 5.82. The number of nitrogens with one attached hydrogen (secondary N) is 2. The van der Waals surface area contributed by atoms with E-state index >= 15 is 0 Å². The molecule has 0 heterocycles. The highest BCUT2D eigenvalue weighted by Crippen LogP contribution is 2.31. The van der Waals surface area contributed by atoms with E-state index in [0.29, 0.717) is 23.5 Å². The van der Waals surface area contributed by atoms with Crippen molar-refractivity contribution in [3.63, 3.8) is 0 Å². The fourth-order valence-electron chi connectivity index (χ4n) is 3.70. The zero-order valence-corrected chi connectivity index (χ0v) is 24.1. The fourth-order valence-corrected chi connectivity index (χ4v) is 3.70. The molecule has 0 saturated heterocycles. The number of nitrogen functional groups attached to an aromatic ring is 1. The van der Waals surface area contributed by atoms with E-state index < -0.39 is 17.8 Å². The zero-order valence-electron chi connectivity index (χ0n) is 24.1. The Hall–Kier alpha value is -4.73. The van der Waals surface area contributed by atoms with E-state index in [1.807, 2.05) is 27.7 Å². The maximum absolute atomic E-state index is 13.1. The molecular formula is C31H37N3O7. The van der Waals surface area contributed by atoms with Crippen LogP contribution in [0.25, 0.3) is 0 Å². The van der Waals surface area contributed by atoms with Gasteiger partial charge in [0.05, 0.1) is 40.7 Å². The summed E-state index contributed by atoms with van der Waals surface area (Å²) in [5.74, 6) is -1.33. The maximum atomic E-state index is 13.1. The van der Waals surface area contributed by atoms with Crippen LogP contribution in [0.1, 0.15) is 79.0 Å². The summed E-state index contributed by atoms with van der Waals surface area (Å²) in [5, 5.41) is 16.1. The second-order valence-electron chi connectivity index (χ2n) is 10.1. The van der Waals surface area contributed by atoms with Gasteiger partial charge in [-0.3, -0.25) is 9.59 Å². The molecule has 3 aromatic rings. The molecule has 3 rings (SSSR count). The van der Waals surface area contributed by atoms with E-state index in [-0.39, 0.29) is 52.2 Å². The van der Waals surface area contributed by atoms with Crippen molar-refractivity contribution in [1.29, 1.82) is 0 Å². The number of ether oxygens (including phenoxy) is 3. The predicted octanol–water partition coefficient (Wildman–Crippen LogP) is 6.01. The SMILES string of the molecule is CCC(C)Oc1cc(C(=O)OC(C)C)ccc1NC(=O)c1ccc(NC(=O)c2ccc(N)cc2OC(C)C)cc1O. The van der Waals surface area contributed by atoms with Crippen LogP contribution >= 0.6 is 0 Å². The molecule has 1 unspecified atom stereocenters. The Morgan fingerprint density at radius 2 is 1.49 bits per heavy atom. The molecule has 3 aromatic carbocycles. The first kappa shape index (κ1) is 30.8. The van der Waals surface area contributed by atoms with Crippen LogP contribution in [0.2, 0.25) is 0 Å². The minimum Gasteiger partial charge on any atom is -0.507 e. The topological polar surface area (TPSA) is 149 Å². The van der Waals surface area contributed by atoms with Crippen molar-refractivity contribution >= 4 is 34.8 Å².